The van der Waals surface area contributed by atoms with Gasteiger partial charge in [-0.3, -0.25) is 9.69 Å². The lowest BCUT2D eigenvalue weighted by Crippen LogP contribution is -2.45. The van der Waals surface area contributed by atoms with Crippen molar-refractivity contribution in [2.75, 3.05) is 26.3 Å². The molecule has 1 N–H and O–H groups in total. The molecule has 15 heavy (non-hydrogen) atoms. The maximum Gasteiger partial charge on any atom is 0.323 e. The van der Waals surface area contributed by atoms with Crippen LogP contribution in [0.25, 0.3) is 0 Å². The lowest BCUT2D eigenvalue weighted by atomic mass is 9.97. The first-order chi connectivity index (χ1) is 7.19. The highest BCUT2D eigenvalue weighted by atomic mass is 16.5. The predicted octanol–water partition coefficient (Wildman–Crippen LogP) is 0.642. The molecular weight excluding hydrogens is 194 g/mol. The highest BCUT2D eigenvalue weighted by molar-refractivity contribution is 5.75. The molecule has 4 heteroatoms. The standard InChI is InChI=1S/C11H21NO3/c1-3-15-11(14)9(2)12-6-4-10(8-13)5-7-12/h9-10,13H,3-8H2,1-2H3. The van der Waals surface area contributed by atoms with Gasteiger partial charge in [0.1, 0.15) is 6.04 Å². The van der Waals surface area contributed by atoms with Gasteiger partial charge in [0.05, 0.1) is 6.61 Å². The van der Waals surface area contributed by atoms with Crippen molar-refractivity contribution in [3.63, 3.8) is 0 Å². The van der Waals surface area contributed by atoms with Crippen molar-refractivity contribution in [1.29, 1.82) is 0 Å². The zero-order valence-electron chi connectivity index (χ0n) is 9.61. The molecule has 0 aliphatic carbocycles. The molecule has 0 aromatic carbocycles. The zero-order valence-corrected chi connectivity index (χ0v) is 9.61. The van der Waals surface area contributed by atoms with Crippen molar-refractivity contribution in [3.8, 4) is 0 Å². The normalized spacial score (nSPS) is 21.3. The molecule has 88 valence electrons. The predicted molar refractivity (Wildman–Crippen MR) is 57.5 cm³/mol. The fourth-order valence-corrected chi connectivity index (χ4v) is 1.93. The van der Waals surface area contributed by atoms with Gasteiger partial charge in [-0.15, -0.1) is 0 Å². The van der Waals surface area contributed by atoms with Crippen LogP contribution in [0.5, 0.6) is 0 Å². The maximum absolute atomic E-state index is 11.5. The fraction of sp³-hybridized carbons (Fsp3) is 0.909. The molecule has 0 aromatic rings. The van der Waals surface area contributed by atoms with Crippen molar-refractivity contribution in [2.45, 2.75) is 32.7 Å². The molecule has 1 heterocycles. The summed E-state index contributed by atoms with van der Waals surface area (Å²) in [6, 6.07) is -0.149. The molecule has 0 radical (unpaired) electrons. The second kappa shape index (κ2) is 6.08. The number of aliphatic hydroxyl groups excluding tert-OH is 1. The Morgan fingerprint density at radius 2 is 2.13 bits per heavy atom. The maximum atomic E-state index is 11.5. The summed E-state index contributed by atoms with van der Waals surface area (Å²) in [5.41, 5.74) is 0. The Kier molecular flexibility index (Phi) is 5.05. The summed E-state index contributed by atoms with van der Waals surface area (Å²) in [6.45, 7) is 6.17. The summed E-state index contributed by atoms with van der Waals surface area (Å²) in [6.07, 6.45) is 1.94. The quantitative estimate of drug-likeness (QED) is 0.699. The van der Waals surface area contributed by atoms with E-state index in [4.69, 9.17) is 9.84 Å². The van der Waals surface area contributed by atoms with E-state index < -0.39 is 0 Å². The largest absolute Gasteiger partial charge is 0.465 e. The van der Waals surface area contributed by atoms with Gasteiger partial charge in [-0.05, 0) is 45.7 Å². The Labute approximate surface area is 91.2 Å². The Hall–Kier alpha value is -0.610. The second-order valence-electron chi connectivity index (χ2n) is 4.09. The van der Waals surface area contributed by atoms with Crippen molar-refractivity contribution < 1.29 is 14.6 Å². The average molecular weight is 215 g/mol. The summed E-state index contributed by atoms with van der Waals surface area (Å²) >= 11 is 0. The SMILES string of the molecule is CCOC(=O)C(C)N1CCC(CO)CC1. The van der Waals surface area contributed by atoms with Gasteiger partial charge in [0, 0.05) is 6.61 Å². The molecule has 0 saturated carbocycles. The summed E-state index contributed by atoms with van der Waals surface area (Å²) < 4.78 is 4.98. The van der Waals surface area contributed by atoms with E-state index >= 15 is 0 Å². The van der Waals surface area contributed by atoms with Crippen LogP contribution in [0.2, 0.25) is 0 Å². The number of ether oxygens (including phenoxy) is 1. The summed E-state index contributed by atoms with van der Waals surface area (Å²) in [4.78, 5) is 13.6. The molecule has 0 bridgehead atoms. The van der Waals surface area contributed by atoms with Gasteiger partial charge in [0.15, 0.2) is 0 Å². The van der Waals surface area contributed by atoms with Crippen LogP contribution in [0.1, 0.15) is 26.7 Å². The number of carbonyl (C=O) groups is 1. The van der Waals surface area contributed by atoms with Crippen LogP contribution in [0, 0.1) is 5.92 Å². The van der Waals surface area contributed by atoms with E-state index in [0.717, 1.165) is 25.9 Å². The van der Waals surface area contributed by atoms with Crippen molar-refractivity contribution in [3.05, 3.63) is 0 Å². The molecule has 1 atom stereocenters. The van der Waals surface area contributed by atoms with Gasteiger partial charge >= 0.3 is 5.97 Å². The summed E-state index contributed by atoms with van der Waals surface area (Å²) in [7, 11) is 0. The van der Waals surface area contributed by atoms with Crippen LogP contribution >= 0.6 is 0 Å². The molecule has 1 saturated heterocycles. The molecule has 1 aliphatic rings. The molecule has 0 amide bonds. The van der Waals surface area contributed by atoms with Gasteiger partial charge in [0.2, 0.25) is 0 Å². The van der Waals surface area contributed by atoms with Crippen molar-refractivity contribution in [2.24, 2.45) is 5.92 Å². The monoisotopic (exact) mass is 215 g/mol. The van der Waals surface area contributed by atoms with Gasteiger partial charge in [0.25, 0.3) is 0 Å². The Bertz CT molecular complexity index is 200. The first kappa shape index (κ1) is 12.5. The van der Waals surface area contributed by atoms with Gasteiger partial charge in [-0.25, -0.2) is 0 Å². The van der Waals surface area contributed by atoms with Crippen LogP contribution < -0.4 is 0 Å². The number of carbonyl (C=O) groups excluding carboxylic acids is 1. The Balaban J connectivity index is 2.35. The van der Waals surface area contributed by atoms with Crippen LogP contribution in [0.15, 0.2) is 0 Å². The van der Waals surface area contributed by atoms with E-state index in [1.54, 1.807) is 0 Å². The fourth-order valence-electron chi connectivity index (χ4n) is 1.93. The minimum atomic E-state index is -0.149. The summed E-state index contributed by atoms with van der Waals surface area (Å²) in [5, 5.41) is 9.00. The minimum Gasteiger partial charge on any atom is -0.465 e. The van der Waals surface area contributed by atoms with E-state index in [2.05, 4.69) is 4.90 Å². The van der Waals surface area contributed by atoms with E-state index in [0.29, 0.717) is 12.5 Å². The molecule has 4 nitrogen and oxygen atoms in total. The first-order valence-corrected chi connectivity index (χ1v) is 5.70. The summed E-state index contributed by atoms with van der Waals surface area (Å²) in [5.74, 6) is 0.274. The van der Waals surface area contributed by atoms with Crippen molar-refractivity contribution >= 4 is 5.97 Å². The number of piperidine rings is 1. The van der Waals surface area contributed by atoms with Gasteiger partial charge in [-0.2, -0.15) is 0 Å². The number of hydrogen-bond donors (Lipinski definition) is 1. The topological polar surface area (TPSA) is 49.8 Å². The van der Waals surface area contributed by atoms with Gasteiger partial charge < -0.3 is 9.84 Å². The third-order valence-electron chi connectivity index (χ3n) is 3.08. The Morgan fingerprint density at radius 1 is 1.53 bits per heavy atom. The molecule has 1 fully saturated rings. The Morgan fingerprint density at radius 3 is 2.60 bits per heavy atom. The third-order valence-corrected chi connectivity index (χ3v) is 3.08. The smallest absolute Gasteiger partial charge is 0.323 e. The number of hydrogen-bond acceptors (Lipinski definition) is 4. The second-order valence-corrected chi connectivity index (χ2v) is 4.09. The van der Waals surface area contributed by atoms with Gasteiger partial charge in [-0.1, -0.05) is 0 Å². The third kappa shape index (κ3) is 3.47. The van der Waals surface area contributed by atoms with E-state index in [-0.39, 0.29) is 18.6 Å². The number of esters is 1. The number of aliphatic hydroxyl groups is 1. The molecule has 1 aliphatic heterocycles. The number of nitrogens with zero attached hydrogens (tertiary/aromatic N) is 1. The van der Waals surface area contributed by atoms with Crippen LogP contribution in [-0.4, -0.2) is 48.3 Å². The number of rotatable bonds is 4. The molecule has 1 rings (SSSR count). The van der Waals surface area contributed by atoms with Crippen LogP contribution in [-0.2, 0) is 9.53 Å². The van der Waals surface area contributed by atoms with E-state index in [1.807, 2.05) is 13.8 Å². The van der Waals surface area contributed by atoms with Crippen LogP contribution in [0.3, 0.4) is 0 Å². The number of likely N-dealkylation sites (tertiary alicyclic amines) is 1. The first-order valence-electron chi connectivity index (χ1n) is 5.70. The molecular formula is C11H21NO3. The molecule has 0 aromatic heterocycles. The van der Waals surface area contributed by atoms with E-state index in [9.17, 15) is 4.79 Å². The highest BCUT2D eigenvalue weighted by Gasteiger charge is 2.26. The minimum absolute atomic E-state index is 0.139. The van der Waals surface area contributed by atoms with Crippen molar-refractivity contribution in [1.82, 2.24) is 4.90 Å². The molecule has 0 spiro atoms. The lowest BCUT2D eigenvalue weighted by molar-refractivity contribution is -0.149. The molecule has 1 unspecified atom stereocenters. The zero-order chi connectivity index (χ0) is 11.3. The van der Waals surface area contributed by atoms with Crippen LogP contribution in [0.4, 0.5) is 0 Å². The van der Waals surface area contributed by atoms with E-state index in [1.165, 1.54) is 0 Å². The highest BCUT2D eigenvalue weighted by Crippen LogP contribution is 2.18. The average Bonchev–Trinajstić information content (AvgIpc) is 2.28. The lowest BCUT2D eigenvalue weighted by Gasteiger charge is -2.34.